The quantitative estimate of drug-likeness (QED) is 0.740. The fourth-order valence-corrected chi connectivity index (χ4v) is 1.76. The highest BCUT2D eigenvalue weighted by Gasteiger charge is 2.23. The Balaban J connectivity index is 2.85. The number of benzene rings is 1. The molecule has 0 radical (unpaired) electrons. The largest absolute Gasteiger partial charge is 0.376 e. The van der Waals surface area contributed by atoms with Crippen LogP contribution in [0.4, 0.5) is 0 Å². The van der Waals surface area contributed by atoms with Crippen LogP contribution in [0.5, 0.6) is 0 Å². The first kappa shape index (κ1) is 11.9. The zero-order chi connectivity index (χ0) is 11.3. The van der Waals surface area contributed by atoms with Crippen LogP contribution < -0.4 is 0 Å². The molecule has 0 aliphatic carbocycles. The van der Waals surface area contributed by atoms with Crippen molar-refractivity contribution in [3.8, 4) is 0 Å². The first-order valence-electron chi connectivity index (χ1n) is 5.31. The third kappa shape index (κ3) is 2.90. The number of carbonyl (C=O) groups excluding carboxylic acids is 1. The van der Waals surface area contributed by atoms with Gasteiger partial charge in [-0.3, -0.25) is 4.79 Å². The Morgan fingerprint density at radius 2 is 1.93 bits per heavy atom. The summed E-state index contributed by atoms with van der Waals surface area (Å²) in [6.07, 6.45) is 0.437. The standard InChI is InChI=1S/C13H18O2/c1-4-12(14)10(2)13(15-3)11-8-6-5-7-9-11/h5-10,13H,4H2,1-3H3/t10-,13-/m1/s1. The lowest BCUT2D eigenvalue weighted by Crippen LogP contribution is -2.20. The van der Waals surface area contributed by atoms with Gasteiger partial charge in [-0.1, -0.05) is 44.2 Å². The Hall–Kier alpha value is -1.15. The SMILES string of the molecule is CCC(=O)[C@@H](C)[C@@H](OC)c1ccccc1. The maximum Gasteiger partial charge on any atom is 0.138 e. The van der Waals surface area contributed by atoms with Crippen LogP contribution in [0.25, 0.3) is 0 Å². The topological polar surface area (TPSA) is 26.3 Å². The van der Waals surface area contributed by atoms with E-state index in [2.05, 4.69) is 0 Å². The second kappa shape index (κ2) is 5.66. The van der Waals surface area contributed by atoms with Gasteiger partial charge in [0, 0.05) is 19.4 Å². The summed E-state index contributed by atoms with van der Waals surface area (Å²) < 4.78 is 5.40. The van der Waals surface area contributed by atoms with Crippen molar-refractivity contribution in [2.45, 2.75) is 26.4 Å². The van der Waals surface area contributed by atoms with Crippen LogP contribution in [0.1, 0.15) is 31.9 Å². The van der Waals surface area contributed by atoms with Gasteiger partial charge in [-0.15, -0.1) is 0 Å². The van der Waals surface area contributed by atoms with Crippen LogP contribution in [-0.2, 0) is 9.53 Å². The number of ketones is 1. The molecule has 1 aromatic carbocycles. The number of hydrogen-bond acceptors (Lipinski definition) is 2. The molecule has 2 atom stereocenters. The molecule has 2 nitrogen and oxygen atoms in total. The lowest BCUT2D eigenvalue weighted by atomic mass is 9.92. The summed E-state index contributed by atoms with van der Waals surface area (Å²) in [5.74, 6) is 0.160. The summed E-state index contributed by atoms with van der Waals surface area (Å²) >= 11 is 0. The molecule has 0 aromatic heterocycles. The molecular weight excluding hydrogens is 188 g/mol. The molecule has 2 heteroatoms. The second-order valence-electron chi connectivity index (χ2n) is 3.68. The summed E-state index contributed by atoms with van der Waals surface area (Å²) in [7, 11) is 1.65. The molecule has 15 heavy (non-hydrogen) atoms. The van der Waals surface area contributed by atoms with E-state index >= 15 is 0 Å². The maximum atomic E-state index is 11.6. The average Bonchev–Trinajstić information content (AvgIpc) is 2.30. The molecule has 0 amide bonds. The van der Waals surface area contributed by atoms with Crippen LogP contribution in [-0.4, -0.2) is 12.9 Å². The summed E-state index contributed by atoms with van der Waals surface area (Å²) in [6.45, 7) is 3.81. The van der Waals surface area contributed by atoms with Gasteiger partial charge in [0.15, 0.2) is 0 Å². The fourth-order valence-electron chi connectivity index (χ4n) is 1.76. The van der Waals surface area contributed by atoms with Gasteiger partial charge in [0.25, 0.3) is 0 Å². The zero-order valence-corrected chi connectivity index (χ0v) is 9.57. The Labute approximate surface area is 91.3 Å². The summed E-state index contributed by atoms with van der Waals surface area (Å²) in [6, 6.07) is 9.87. The van der Waals surface area contributed by atoms with Crippen LogP contribution >= 0.6 is 0 Å². The number of ether oxygens (including phenoxy) is 1. The van der Waals surface area contributed by atoms with Gasteiger partial charge in [-0.05, 0) is 5.56 Å². The summed E-state index contributed by atoms with van der Waals surface area (Å²) in [4.78, 5) is 11.6. The van der Waals surface area contributed by atoms with Gasteiger partial charge in [0.05, 0.1) is 6.10 Å². The van der Waals surface area contributed by atoms with Gasteiger partial charge in [0.1, 0.15) is 5.78 Å². The second-order valence-corrected chi connectivity index (χ2v) is 3.68. The fraction of sp³-hybridized carbons (Fsp3) is 0.462. The van der Waals surface area contributed by atoms with Crippen LogP contribution in [0, 0.1) is 5.92 Å². The van der Waals surface area contributed by atoms with Gasteiger partial charge in [-0.2, -0.15) is 0 Å². The molecule has 0 bridgehead atoms. The molecule has 82 valence electrons. The van der Waals surface area contributed by atoms with E-state index in [4.69, 9.17) is 4.74 Å². The minimum absolute atomic E-state index is 0.0811. The van der Waals surface area contributed by atoms with Gasteiger partial charge < -0.3 is 4.74 Å². The smallest absolute Gasteiger partial charge is 0.138 e. The van der Waals surface area contributed by atoms with Crippen molar-refractivity contribution in [3.63, 3.8) is 0 Å². The molecule has 0 heterocycles. The number of methoxy groups -OCH3 is 1. The lowest BCUT2D eigenvalue weighted by molar-refractivity contribution is -0.126. The average molecular weight is 206 g/mol. The monoisotopic (exact) mass is 206 g/mol. The predicted molar refractivity (Wildman–Crippen MR) is 60.7 cm³/mol. The predicted octanol–water partition coefficient (Wildman–Crippen LogP) is 2.99. The Morgan fingerprint density at radius 1 is 1.33 bits per heavy atom. The molecule has 0 spiro atoms. The molecule has 1 aromatic rings. The van der Waals surface area contributed by atoms with E-state index in [9.17, 15) is 4.79 Å². The molecule has 1 rings (SSSR count). The first-order valence-corrected chi connectivity index (χ1v) is 5.31. The third-order valence-corrected chi connectivity index (χ3v) is 2.69. The first-order chi connectivity index (χ1) is 7.20. The van der Waals surface area contributed by atoms with Crippen molar-refractivity contribution in [3.05, 3.63) is 35.9 Å². The van der Waals surface area contributed by atoms with Crippen molar-refractivity contribution in [2.75, 3.05) is 7.11 Å². The van der Waals surface area contributed by atoms with E-state index in [1.165, 1.54) is 0 Å². The lowest BCUT2D eigenvalue weighted by Gasteiger charge is -2.21. The Bertz CT molecular complexity index is 306. The van der Waals surface area contributed by atoms with Gasteiger partial charge >= 0.3 is 0 Å². The van der Waals surface area contributed by atoms with Crippen molar-refractivity contribution in [1.82, 2.24) is 0 Å². The minimum Gasteiger partial charge on any atom is -0.376 e. The molecule has 0 fully saturated rings. The van der Waals surface area contributed by atoms with E-state index in [0.717, 1.165) is 5.56 Å². The summed E-state index contributed by atoms with van der Waals surface area (Å²) in [5, 5.41) is 0. The van der Waals surface area contributed by atoms with E-state index in [1.54, 1.807) is 7.11 Å². The third-order valence-electron chi connectivity index (χ3n) is 2.69. The number of Topliss-reactive ketones (excluding diaryl/α,β-unsaturated/α-hetero) is 1. The van der Waals surface area contributed by atoms with E-state index in [-0.39, 0.29) is 17.8 Å². The van der Waals surface area contributed by atoms with Crippen molar-refractivity contribution in [1.29, 1.82) is 0 Å². The highest BCUT2D eigenvalue weighted by molar-refractivity contribution is 5.81. The van der Waals surface area contributed by atoms with Crippen molar-refractivity contribution >= 4 is 5.78 Å². The minimum atomic E-state index is -0.126. The molecule has 0 saturated heterocycles. The maximum absolute atomic E-state index is 11.6. The van der Waals surface area contributed by atoms with Gasteiger partial charge in [-0.25, -0.2) is 0 Å². The number of rotatable bonds is 5. The van der Waals surface area contributed by atoms with E-state index < -0.39 is 0 Å². The van der Waals surface area contributed by atoms with Crippen LogP contribution in [0.15, 0.2) is 30.3 Å². The number of carbonyl (C=O) groups is 1. The molecule has 0 aliphatic heterocycles. The Kier molecular flexibility index (Phi) is 4.50. The van der Waals surface area contributed by atoms with Crippen LogP contribution in [0.2, 0.25) is 0 Å². The molecule has 0 aliphatic rings. The zero-order valence-electron chi connectivity index (χ0n) is 9.57. The summed E-state index contributed by atoms with van der Waals surface area (Å²) in [5.41, 5.74) is 1.06. The van der Waals surface area contributed by atoms with Gasteiger partial charge in [0.2, 0.25) is 0 Å². The van der Waals surface area contributed by atoms with Crippen molar-refractivity contribution < 1.29 is 9.53 Å². The molecule has 0 unspecified atom stereocenters. The number of hydrogen-bond donors (Lipinski definition) is 0. The highest BCUT2D eigenvalue weighted by atomic mass is 16.5. The molecular formula is C13H18O2. The Morgan fingerprint density at radius 3 is 2.40 bits per heavy atom. The normalized spacial score (nSPS) is 14.6. The molecule has 0 N–H and O–H groups in total. The highest BCUT2D eigenvalue weighted by Crippen LogP contribution is 2.26. The van der Waals surface area contributed by atoms with Crippen LogP contribution in [0.3, 0.4) is 0 Å². The molecule has 0 saturated carbocycles. The van der Waals surface area contributed by atoms with E-state index in [0.29, 0.717) is 6.42 Å². The van der Waals surface area contributed by atoms with Crippen molar-refractivity contribution in [2.24, 2.45) is 5.92 Å². The van der Waals surface area contributed by atoms with E-state index in [1.807, 2.05) is 44.2 Å².